The molecule has 3 heteroatoms. The van der Waals surface area contributed by atoms with Gasteiger partial charge in [-0.1, -0.05) is 36.4 Å². The molecule has 0 saturated heterocycles. The molecule has 3 nitrogen and oxygen atoms in total. The van der Waals surface area contributed by atoms with Gasteiger partial charge in [-0.05, 0) is 36.4 Å². The summed E-state index contributed by atoms with van der Waals surface area (Å²) in [5.74, 6) is 0. The Kier molecular flexibility index (Phi) is 2.79. The lowest BCUT2D eigenvalue weighted by molar-refractivity contribution is 1.05. The van der Waals surface area contributed by atoms with Crippen LogP contribution in [0, 0.1) is 0 Å². The summed E-state index contributed by atoms with van der Waals surface area (Å²) in [6.07, 6.45) is 5.56. The van der Waals surface area contributed by atoms with Crippen LogP contribution in [0.1, 0.15) is 0 Å². The molecule has 0 bridgehead atoms. The number of nitrogens with zero attached hydrogens (tertiary/aromatic N) is 3. The molecule has 0 spiro atoms. The molecule has 24 heavy (non-hydrogen) atoms. The summed E-state index contributed by atoms with van der Waals surface area (Å²) in [5, 5.41) is 2.57. The molecule has 0 radical (unpaired) electrons. The third-order valence-corrected chi connectivity index (χ3v) is 4.49. The topological polar surface area (TPSA) is 22.8 Å². The van der Waals surface area contributed by atoms with E-state index in [2.05, 4.69) is 82.3 Å². The third-order valence-electron chi connectivity index (χ3n) is 4.49. The van der Waals surface area contributed by atoms with Gasteiger partial charge in [0.2, 0.25) is 0 Å². The predicted octanol–water partition coefficient (Wildman–Crippen LogP) is 4.97. The van der Waals surface area contributed by atoms with Gasteiger partial charge in [0.25, 0.3) is 0 Å². The molecule has 0 aliphatic heterocycles. The van der Waals surface area contributed by atoms with E-state index >= 15 is 0 Å². The molecule has 0 atom stereocenters. The number of fused-ring (bicyclic) bond motifs is 3. The summed E-state index contributed by atoms with van der Waals surface area (Å²) >= 11 is 0. The predicted molar refractivity (Wildman–Crippen MR) is 97.9 cm³/mol. The Morgan fingerprint density at radius 1 is 0.625 bits per heavy atom. The molecule has 0 aliphatic carbocycles. The molecule has 0 saturated carbocycles. The minimum Gasteiger partial charge on any atom is -0.309 e. The second kappa shape index (κ2) is 5.10. The average Bonchev–Trinajstić information content (AvgIpc) is 3.28. The monoisotopic (exact) mass is 309 g/mol. The Labute approximate surface area is 139 Å². The molecule has 114 valence electrons. The second-order valence-corrected chi connectivity index (χ2v) is 5.86. The van der Waals surface area contributed by atoms with Crippen LogP contribution in [-0.4, -0.2) is 14.1 Å². The van der Waals surface area contributed by atoms with Gasteiger partial charge < -0.3 is 9.13 Å². The summed E-state index contributed by atoms with van der Waals surface area (Å²) in [5.41, 5.74) is 4.73. The maximum absolute atomic E-state index is 4.11. The van der Waals surface area contributed by atoms with E-state index in [9.17, 15) is 0 Å². The van der Waals surface area contributed by atoms with Gasteiger partial charge >= 0.3 is 0 Å². The van der Waals surface area contributed by atoms with E-state index in [4.69, 9.17) is 0 Å². The molecule has 0 aliphatic rings. The van der Waals surface area contributed by atoms with Crippen molar-refractivity contribution in [3.8, 4) is 11.4 Å². The fourth-order valence-electron chi connectivity index (χ4n) is 3.39. The van der Waals surface area contributed by atoms with Gasteiger partial charge in [0.15, 0.2) is 0 Å². The molecular weight excluding hydrogens is 294 g/mol. The number of benzene rings is 3. The Hall–Kier alpha value is -3.33. The lowest BCUT2D eigenvalue weighted by Gasteiger charge is -2.09. The standard InChI is InChI=1S/C21H15N3/c1-3-7-20-18(5-1)19-6-2-4-8-21(19)24(20)17-11-9-16(10-12-17)23-14-13-22-15-23/h1-15H. The quantitative estimate of drug-likeness (QED) is 0.451. The van der Waals surface area contributed by atoms with Crippen molar-refractivity contribution in [1.29, 1.82) is 0 Å². The number of para-hydroxylation sites is 2. The average molecular weight is 309 g/mol. The first kappa shape index (κ1) is 13.1. The van der Waals surface area contributed by atoms with Gasteiger partial charge in [0, 0.05) is 34.5 Å². The summed E-state index contributed by atoms with van der Waals surface area (Å²) in [7, 11) is 0. The van der Waals surface area contributed by atoms with Gasteiger partial charge in [0.05, 0.1) is 17.4 Å². The third kappa shape index (κ3) is 1.88. The van der Waals surface area contributed by atoms with Crippen LogP contribution < -0.4 is 0 Å². The minimum absolute atomic E-state index is 1.11. The molecule has 5 rings (SSSR count). The van der Waals surface area contributed by atoms with Gasteiger partial charge in [-0.2, -0.15) is 0 Å². The minimum atomic E-state index is 1.11. The van der Waals surface area contributed by atoms with Crippen LogP contribution in [0.2, 0.25) is 0 Å². The zero-order valence-corrected chi connectivity index (χ0v) is 13.0. The maximum atomic E-state index is 4.11. The zero-order valence-electron chi connectivity index (χ0n) is 13.0. The van der Waals surface area contributed by atoms with Gasteiger partial charge in [-0.25, -0.2) is 4.98 Å². The normalized spacial score (nSPS) is 11.3. The van der Waals surface area contributed by atoms with Crippen LogP contribution in [0.5, 0.6) is 0 Å². The molecular formula is C21H15N3. The van der Waals surface area contributed by atoms with Crippen LogP contribution in [-0.2, 0) is 0 Å². The first-order valence-electron chi connectivity index (χ1n) is 7.99. The summed E-state index contributed by atoms with van der Waals surface area (Å²) in [6.45, 7) is 0. The van der Waals surface area contributed by atoms with Gasteiger partial charge in [0.1, 0.15) is 0 Å². The highest BCUT2D eigenvalue weighted by molar-refractivity contribution is 6.09. The summed E-state index contributed by atoms with van der Waals surface area (Å²) in [4.78, 5) is 4.11. The molecule has 3 aromatic carbocycles. The number of aromatic nitrogens is 3. The van der Waals surface area contributed by atoms with Crippen molar-refractivity contribution in [2.45, 2.75) is 0 Å². The molecule has 0 fully saturated rings. The number of hydrogen-bond acceptors (Lipinski definition) is 1. The maximum Gasteiger partial charge on any atom is 0.0991 e. The van der Waals surface area contributed by atoms with E-state index in [1.165, 1.54) is 21.8 Å². The van der Waals surface area contributed by atoms with Gasteiger partial charge in [-0.15, -0.1) is 0 Å². The van der Waals surface area contributed by atoms with Crippen molar-refractivity contribution in [1.82, 2.24) is 14.1 Å². The molecule has 2 aromatic heterocycles. The first-order valence-corrected chi connectivity index (χ1v) is 7.99. The highest BCUT2D eigenvalue weighted by Gasteiger charge is 2.11. The molecule has 5 aromatic rings. The molecule has 0 amide bonds. The van der Waals surface area contributed by atoms with E-state index in [1.54, 1.807) is 6.20 Å². The van der Waals surface area contributed by atoms with Gasteiger partial charge in [-0.3, -0.25) is 0 Å². The van der Waals surface area contributed by atoms with E-state index in [0.29, 0.717) is 0 Å². The Morgan fingerprint density at radius 2 is 1.21 bits per heavy atom. The van der Waals surface area contributed by atoms with E-state index in [0.717, 1.165) is 11.4 Å². The number of hydrogen-bond donors (Lipinski definition) is 0. The van der Waals surface area contributed by atoms with E-state index < -0.39 is 0 Å². The van der Waals surface area contributed by atoms with Crippen molar-refractivity contribution < 1.29 is 0 Å². The van der Waals surface area contributed by atoms with Crippen molar-refractivity contribution >= 4 is 21.8 Å². The Morgan fingerprint density at radius 3 is 1.79 bits per heavy atom. The van der Waals surface area contributed by atoms with Crippen LogP contribution in [0.4, 0.5) is 0 Å². The summed E-state index contributed by atoms with van der Waals surface area (Å²) in [6, 6.07) is 25.7. The van der Waals surface area contributed by atoms with Crippen LogP contribution in [0.3, 0.4) is 0 Å². The highest BCUT2D eigenvalue weighted by Crippen LogP contribution is 2.31. The Balaban J connectivity index is 1.76. The fraction of sp³-hybridized carbons (Fsp3) is 0. The Bertz CT molecular complexity index is 1080. The lowest BCUT2D eigenvalue weighted by Crippen LogP contribution is -1.95. The summed E-state index contributed by atoms with van der Waals surface area (Å²) < 4.78 is 4.33. The van der Waals surface area contributed by atoms with E-state index in [-0.39, 0.29) is 0 Å². The highest BCUT2D eigenvalue weighted by atomic mass is 15.0. The fourth-order valence-corrected chi connectivity index (χ4v) is 3.39. The largest absolute Gasteiger partial charge is 0.309 e. The lowest BCUT2D eigenvalue weighted by atomic mass is 10.2. The van der Waals surface area contributed by atoms with Crippen molar-refractivity contribution in [2.24, 2.45) is 0 Å². The molecule has 0 unspecified atom stereocenters. The number of rotatable bonds is 2. The van der Waals surface area contributed by atoms with Crippen LogP contribution in [0.25, 0.3) is 33.2 Å². The smallest absolute Gasteiger partial charge is 0.0991 e. The molecule has 2 heterocycles. The first-order chi connectivity index (χ1) is 11.9. The zero-order chi connectivity index (χ0) is 15.9. The SMILES string of the molecule is c1ccc2c(c1)c1ccccc1n2-c1ccc(-n2ccnc2)cc1. The van der Waals surface area contributed by atoms with Crippen molar-refractivity contribution in [3.05, 3.63) is 91.5 Å². The van der Waals surface area contributed by atoms with Crippen molar-refractivity contribution in [2.75, 3.05) is 0 Å². The van der Waals surface area contributed by atoms with Crippen LogP contribution in [0.15, 0.2) is 91.5 Å². The second-order valence-electron chi connectivity index (χ2n) is 5.86. The van der Waals surface area contributed by atoms with Crippen molar-refractivity contribution in [3.63, 3.8) is 0 Å². The molecule has 0 N–H and O–H groups in total. The van der Waals surface area contributed by atoms with E-state index in [1.807, 2.05) is 17.1 Å². The number of imidazole rings is 1. The van der Waals surface area contributed by atoms with Crippen LogP contribution >= 0.6 is 0 Å².